The summed E-state index contributed by atoms with van der Waals surface area (Å²) in [5.74, 6) is 1.69. The van der Waals surface area contributed by atoms with E-state index in [-0.39, 0.29) is 35.2 Å². The van der Waals surface area contributed by atoms with Crippen molar-refractivity contribution >= 4 is 12.2 Å². The number of benzene rings is 4. The van der Waals surface area contributed by atoms with E-state index in [1.807, 2.05) is 48.6 Å². The Balaban J connectivity index is 1.29. The van der Waals surface area contributed by atoms with Gasteiger partial charge in [0, 0.05) is 12.8 Å². The van der Waals surface area contributed by atoms with Gasteiger partial charge in [0.25, 0.3) is 0 Å². The smallest absolute Gasteiger partial charge is 0.414 e. The minimum absolute atomic E-state index is 0.0366. The van der Waals surface area contributed by atoms with Crippen LogP contribution in [0.5, 0.6) is 46.0 Å². The van der Waals surface area contributed by atoms with Gasteiger partial charge in [-0.05, 0) is 96.5 Å². The first-order valence-corrected chi connectivity index (χ1v) is 18.1. The van der Waals surface area contributed by atoms with Crippen molar-refractivity contribution in [3.63, 3.8) is 0 Å². The number of phenols is 4. The number of aromatic hydroxyl groups is 4. The molecule has 2 fully saturated rings. The largest absolute Gasteiger partial charge is 0.504 e. The van der Waals surface area contributed by atoms with Gasteiger partial charge in [0.1, 0.15) is 0 Å². The number of ether oxygens (including phenoxy) is 8. The molecule has 2 aliphatic rings. The monoisotopic (exact) mass is 756 g/mol. The van der Waals surface area contributed by atoms with Gasteiger partial charge in [-0.25, -0.2) is 0 Å². The predicted molar refractivity (Wildman–Crippen MR) is 205 cm³/mol. The third kappa shape index (κ3) is 10.0. The number of hydrogen-bond donors (Lipinski definition) is 4. The van der Waals surface area contributed by atoms with Crippen molar-refractivity contribution < 1.29 is 58.3 Å². The molecule has 0 bridgehead atoms. The Bertz CT molecular complexity index is 1830. The number of phenolic OH excluding ortho intramolecular Hbond substituents is 4. The average Bonchev–Trinajstić information content (AvgIpc) is 3.19. The standard InChI is InChI=1S/C43H48O12/c1-48-39-21-27(9-17-35(39)44)5-13-31-25-32(14-6-28-10-18-36(45)40(22-28)49-2)53-43(52-31)54-33(15-7-29-11-19-37(46)41(23-29)50-3)26-34(55-43)16-8-30-12-20-38(47)42(24-30)51-4/h5-6,9-14,17-24,31-34,44-47H,7-8,15-16,25-26H2,1-4H3/b13-5+,14-6+. The van der Waals surface area contributed by atoms with Crippen LogP contribution < -0.4 is 18.9 Å². The van der Waals surface area contributed by atoms with E-state index in [2.05, 4.69) is 0 Å². The molecule has 6 rings (SSSR count). The van der Waals surface area contributed by atoms with Crippen LogP contribution in [0, 0.1) is 0 Å². The SMILES string of the molecule is COc1cc(/C=C/C2CC(/C=C/c3ccc(O)c(OC)c3)OC3(O2)OC(CCc2ccc(O)c(OC)c2)CC(CCc2ccc(O)c(OC)c2)O3)ccc1O. The van der Waals surface area contributed by atoms with Crippen LogP contribution in [0.15, 0.2) is 84.9 Å². The molecule has 55 heavy (non-hydrogen) atoms. The van der Waals surface area contributed by atoms with Crippen LogP contribution in [0.2, 0.25) is 0 Å². The first-order valence-electron chi connectivity index (χ1n) is 18.1. The van der Waals surface area contributed by atoms with Crippen LogP contribution in [0.4, 0.5) is 0 Å². The maximum atomic E-state index is 10.1. The second kappa shape index (κ2) is 17.8. The van der Waals surface area contributed by atoms with E-state index >= 15 is 0 Å². The number of rotatable bonds is 14. The number of methoxy groups -OCH3 is 4. The normalized spacial score (nSPS) is 22.6. The van der Waals surface area contributed by atoms with Gasteiger partial charge in [-0.3, -0.25) is 18.9 Å². The lowest BCUT2D eigenvalue weighted by Crippen LogP contribution is -2.58. The van der Waals surface area contributed by atoms with Crippen LogP contribution in [0.3, 0.4) is 0 Å². The van der Waals surface area contributed by atoms with Gasteiger partial charge in [-0.15, -0.1) is 0 Å². The van der Waals surface area contributed by atoms with E-state index < -0.39 is 18.4 Å². The Morgan fingerprint density at radius 2 is 0.909 bits per heavy atom. The minimum Gasteiger partial charge on any atom is -0.504 e. The summed E-state index contributed by atoms with van der Waals surface area (Å²) in [6.07, 6.45) is 7.36. The molecular formula is C43H48O12. The summed E-state index contributed by atoms with van der Waals surface area (Å²) in [6.45, 7) is 0. The predicted octanol–water partition coefficient (Wildman–Crippen LogP) is 7.50. The van der Waals surface area contributed by atoms with E-state index in [1.165, 1.54) is 28.4 Å². The third-order valence-electron chi connectivity index (χ3n) is 9.62. The first kappa shape index (κ1) is 39.3. The molecule has 0 radical (unpaired) electrons. The van der Waals surface area contributed by atoms with Gasteiger partial charge in [0.15, 0.2) is 46.0 Å². The number of hydrogen-bond acceptors (Lipinski definition) is 12. The summed E-state index contributed by atoms with van der Waals surface area (Å²) in [7, 11) is 6.02. The van der Waals surface area contributed by atoms with Crippen LogP contribution in [0.25, 0.3) is 12.2 Å². The van der Waals surface area contributed by atoms with Gasteiger partial charge in [0.05, 0.1) is 52.9 Å². The highest BCUT2D eigenvalue weighted by atomic mass is 17.0. The zero-order valence-electron chi connectivity index (χ0n) is 31.3. The van der Waals surface area contributed by atoms with Crippen LogP contribution in [-0.4, -0.2) is 79.4 Å². The van der Waals surface area contributed by atoms with Gasteiger partial charge in [-0.2, -0.15) is 0 Å². The van der Waals surface area contributed by atoms with Gasteiger partial charge < -0.3 is 39.4 Å². The van der Waals surface area contributed by atoms with E-state index in [0.29, 0.717) is 61.5 Å². The van der Waals surface area contributed by atoms with Crippen molar-refractivity contribution in [1.82, 2.24) is 0 Å². The molecular weight excluding hydrogens is 708 g/mol. The minimum atomic E-state index is -1.87. The lowest BCUT2D eigenvalue weighted by Gasteiger charge is -2.48. The fourth-order valence-electron chi connectivity index (χ4n) is 6.69. The molecule has 292 valence electrons. The van der Waals surface area contributed by atoms with Gasteiger partial charge in [-0.1, -0.05) is 48.6 Å². The Morgan fingerprint density at radius 3 is 1.31 bits per heavy atom. The summed E-state index contributed by atoms with van der Waals surface area (Å²) >= 11 is 0. The molecule has 12 heteroatoms. The molecule has 4 aromatic rings. The second-order valence-corrected chi connectivity index (χ2v) is 13.4. The molecule has 1 spiro atoms. The molecule has 4 unspecified atom stereocenters. The third-order valence-corrected chi connectivity index (χ3v) is 9.62. The molecule has 0 aliphatic carbocycles. The maximum Gasteiger partial charge on any atom is 0.414 e. The summed E-state index contributed by atoms with van der Waals surface area (Å²) in [5, 5.41) is 40.5. The summed E-state index contributed by atoms with van der Waals surface area (Å²) in [6, 6.07) is 20.7. The van der Waals surface area contributed by atoms with E-state index in [9.17, 15) is 20.4 Å². The van der Waals surface area contributed by atoms with Crippen molar-refractivity contribution in [2.24, 2.45) is 0 Å². The highest BCUT2D eigenvalue weighted by Gasteiger charge is 2.51. The molecule has 4 atom stereocenters. The van der Waals surface area contributed by atoms with Crippen molar-refractivity contribution in [2.45, 2.75) is 69.1 Å². The Hall–Kier alpha value is -5.40. The van der Waals surface area contributed by atoms with Gasteiger partial charge in [0.2, 0.25) is 0 Å². The molecule has 2 aliphatic heterocycles. The maximum absolute atomic E-state index is 10.1. The number of aryl methyl sites for hydroxylation is 2. The molecule has 4 aromatic carbocycles. The zero-order chi connectivity index (χ0) is 39.0. The van der Waals surface area contributed by atoms with E-state index in [4.69, 9.17) is 37.9 Å². The second-order valence-electron chi connectivity index (χ2n) is 13.4. The molecule has 12 nitrogen and oxygen atoms in total. The van der Waals surface area contributed by atoms with Crippen LogP contribution in [-0.2, 0) is 31.8 Å². The molecule has 0 amide bonds. The zero-order valence-corrected chi connectivity index (χ0v) is 31.3. The fraction of sp³-hybridized carbons (Fsp3) is 0.349. The first-order chi connectivity index (χ1) is 26.6. The summed E-state index contributed by atoms with van der Waals surface area (Å²) in [4.78, 5) is 0. The van der Waals surface area contributed by atoms with Crippen LogP contribution in [0.1, 0.15) is 47.9 Å². The molecule has 0 aromatic heterocycles. The quantitative estimate of drug-likeness (QED) is 0.101. The summed E-state index contributed by atoms with van der Waals surface area (Å²) in [5.41, 5.74) is 3.51. The lowest BCUT2D eigenvalue weighted by atomic mass is 9.97. The van der Waals surface area contributed by atoms with E-state index in [1.54, 1.807) is 48.5 Å². The van der Waals surface area contributed by atoms with E-state index in [0.717, 1.165) is 22.3 Å². The van der Waals surface area contributed by atoms with Crippen LogP contribution >= 0.6 is 0 Å². The Kier molecular flexibility index (Phi) is 12.7. The molecule has 0 saturated carbocycles. The topological polar surface area (TPSA) is 155 Å². The molecule has 4 N–H and O–H groups in total. The van der Waals surface area contributed by atoms with Crippen molar-refractivity contribution in [1.29, 1.82) is 0 Å². The van der Waals surface area contributed by atoms with Gasteiger partial charge >= 0.3 is 6.16 Å². The lowest BCUT2D eigenvalue weighted by molar-refractivity contribution is -0.558. The van der Waals surface area contributed by atoms with Crippen molar-refractivity contribution in [3.8, 4) is 46.0 Å². The molecule has 2 heterocycles. The average molecular weight is 757 g/mol. The highest BCUT2D eigenvalue weighted by Crippen LogP contribution is 2.41. The fourth-order valence-corrected chi connectivity index (χ4v) is 6.69. The van der Waals surface area contributed by atoms with Crippen molar-refractivity contribution in [2.75, 3.05) is 28.4 Å². The Morgan fingerprint density at radius 1 is 0.527 bits per heavy atom. The summed E-state index contributed by atoms with van der Waals surface area (Å²) < 4.78 is 47.8. The van der Waals surface area contributed by atoms with Crippen molar-refractivity contribution in [3.05, 3.63) is 107 Å². The Labute approximate surface area is 320 Å². The highest BCUT2D eigenvalue weighted by molar-refractivity contribution is 5.57. The molecule has 2 saturated heterocycles.